The second-order valence-corrected chi connectivity index (χ2v) is 11.5. The summed E-state index contributed by atoms with van der Waals surface area (Å²) < 4.78 is 12.0. The molecule has 4 fully saturated rings. The van der Waals surface area contributed by atoms with Crippen LogP contribution in [0.2, 0.25) is 0 Å². The van der Waals surface area contributed by atoms with E-state index in [0.29, 0.717) is 17.4 Å². The lowest BCUT2D eigenvalue weighted by molar-refractivity contribution is -0.118. The molecule has 1 N–H and O–H groups in total. The molecule has 166 valence electrons. The number of benzene rings is 2. The number of rotatable bonds is 7. The highest BCUT2D eigenvalue weighted by molar-refractivity contribution is 5.47. The van der Waals surface area contributed by atoms with Gasteiger partial charge in [0.2, 0.25) is 0 Å². The zero-order valence-corrected chi connectivity index (χ0v) is 19.6. The van der Waals surface area contributed by atoms with Gasteiger partial charge in [0, 0.05) is 17.6 Å². The summed E-state index contributed by atoms with van der Waals surface area (Å²) in [6, 6.07) is 14.8. The summed E-state index contributed by atoms with van der Waals surface area (Å²) in [4.78, 5) is 0. The van der Waals surface area contributed by atoms with Crippen LogP contribution in [0, 0.1) is 23.7 Å². The maximum Gasteiger partial charge on any atom is 0.166 e. The van der Waals surface area contributed by atoms with E-state index in [1.807, 2.05) is 6.07 Å². The van der Waals surface area contributed by atoms with Crippen LogP contribution in [0.25, 0.3) is 0 Å². The highest BCUT2D eigenvalue weighted by Crippen LogP contribution is 2.66. The van der Waals surface area contributed by atoms with Crippen LogP contribution in [0.1, 0.15) is 69.1 Å². The Hall–Kier alpha value is -2.00. The first kappa shape index (κ1) is 20.9. The van der Waals surface area contributed by atoms with Crippen LogP contribution in [0.5, 0.6) is 11.5 Å². The summed E-state index contributed by atoms with van der Waals surface area (Å²) in [6.07, 6.45) is 8.23. The van der Waals surface area contributed by atoms with Crippen molar-refractivity contribution >= 4 is 0 Å². The molecule has 3 heteroatoms. The Kier molecular flexibility index (Phi) is 5.08. The molecule has 3 nitrogen and oxygen atoms in total. The van der Waals surface area contributed by atoms with Crippen molar-refractivity contribution in [3.8, 4) is 11.5 Å². The molecule has 4 aliphatic rings. The van der Waals surface area contributed by atoms with Gasteiger partial charge in [0.05, 0.1) is 7.11 Å². The molecule has 0 aromatic heterocycles. The van der Waals surface area contributed by atoms with Crippen LogP contribution in [0.3, 0.4) is 0 Å². The van der Waals surface area contributed by atoms with E-state index in [1.54, 1.807) is 7.11 Å². The van der Waals surface area contributed by atoms with Gasteiger partial charge in [-0.25, -0.2) is 0 Å². The molecule has 31 heavy (non-hydrogen) atoms. The minimum absolute atomic E-state index is 0.278. The minimum atomic E-state index is 0.278. The van der Waals surface area contributed by atoms with Gasteiger partial charge in [0.25, 0.3) is 0 Å². The Balaban J connectivity index is 1.34. The summed E-state index contributed by atoms with van der Waals surface area (Å²) in [6.45, 7) is 8.57. The summed E-state index contributed by atoms with van der Waals surface area (Å²) in [5.41, 5.74) is 4.94. The number of methoxy groups -OCH3 is 1. The summed E-state index contributed by atoms with van der Waals surface area (Å²) in [7, 11) is 1.73. The molecule has 4 aliphatic carbocycles. The molecule has 0 saturated heterocycles. The zero-order valence-electron chi connectivity index (χ0n) is 19.6. The molecule has 0 amide bonds. The smallest absolute Gasteiger partial charge is 0.166 e. The van der Waals surface area contributed by atoms with Crippen molar-refractivity contribution in [2.45, 2.75) is 78.0 Å². The van der Waals surface area contributed by atoms with Crippen molar-refractivity contribution < 1.29 is 9.47 Å². The van der Waals surface area contributed by atoms with Gasteiger partial charge in [-0.3, -0.25) is 0 Å². The molecule has 2 aromatic carbocycles. The van der Waals surface area contributed by atoms with Crippen molar-refractivity contribution in [3.63, 3.8) is 0 Å². The van der Waals surface area contributed by atoms with Crippen LogP contribution in [-0.2, 0) is 13.2 Å². The van der Waals surface area contributed by atoms with Gasteiger partial charge in [-0.05, 0) is 73.8 Å². The van der Waals surface area contributed by atoms with Gasteiger partial charge in [-0.1, -0.05) is 55.8 Å². The maximum absolute atomic E-state index is 6.33. The van der Waals surface area contributed by atoms with Gasteiger partial charge in [-0.2, -0.15) is 0 Å². The molecular weight excluding hydrogens is 382 g/mol. The third kappa shape index (κ3) is 4.09. The normalized spacial score (nSPS) is 33.5. The number of hydrogen-bond acceptors (Lipinski definition) is 3. The van der Waals surface area contributed by atoms with Crippen molar-refractivity contribution in [1.29, 1.82) is 0 Å². The van der Waals surface area contributed by atoms with E-state index >= 15 is 0 Å². The predicted octanol–water partition coefficient (Wildman–Crippen LogP) is 6.42. The molecular formula is C28H37NO2. The number of nitrogens with one attached hydrogen (secondary N) is 1. The second kappa shape index (κ2) is 7.55. The van der Waals surface area contributed by atoms with Crippen LogP contribution >= 0.6 is 0 Å². The van der Waals surface area contributed by atoms with E-state index in [2.05, 4.69) is 62.5 Å². The third-order valence-corrected chi connectivity index (χ3v) is 8.06. The quantitative estimate of drug-likeness (QED) is 0.561. The van der Waals surface area contributed by atoms with Crippen LogP contribution < -0.4 is 14.8 Å². The van der Waals surface area contributed by atoms with Crippen molar-refractivity contribution in [2.75, 3.05) is 7.11 Å². The van der Waals surface area contributed by atoms with Gasteiger partial charge in [-0.15, -0.1) is 0 Å². The molecule has 0 heterocycles. The van der Waals surface area contributed by atoms with Gasteiger partial charge in [0.1, 0.15) is 6.61 Å². The van der Waals surface area contributed by atoms with Gasteiger partial charge < -0.3 is 14.8 Å². The van der Waals surface area contributed by atoms with Gasteiger partial charge >= 0.3 is 0 Å². The molecule has 2 atom stereocenters. The summed E-state index contributed by atoms with van der Waals surface area (Å²) >= 11 is 0. The minimum Gasteiger partial charge on any atom is -0.493 e. The number of hydrogen-bond donors (Lipinski definition) is 1. The Bertz CT molecular complexity index is 932. The first-order valence-corrected chi connectivity index (χ1v) is 11.9. The first-order valence-electron chi connectivity index (χ1n) is 11.9. The largest absolute Gasteiger partial charge is 0.493 e. The van der Waals surface area contributed by atoms with Crippen LogP contribution in [-0.4, -0.2) is 12.6 Å². The monoisotopic (exact) mass is 419 g/mol. The number of para-hydroxylation sites is 1. The van der Waals surface area contributed by atoms with Gasteiger partial charge in [0.15, 0.2) is 11.5 Å². The molecule has 4 saturated carbocycles. The van der Waals surface area contributed by atoms with E-state index in [1.165, 1.54) is 55.2 Å². The van der Waals surface area contributed by atoms with Crippen molar-refractivity contribution in [2.24, 2.45) is 16.7 Å². The molecule has 0 spiro atoms. The fourth-order valence-electron chi connectivity index (χ4n) is 7.79. The molecule has 2 aromatic rings. The highest BCUT2D eigenvalue weighted by atomic mass is 16.5. The molecule has 4 bridgehead atoms. The highest BCUT2D eigenvalue weighted by Gasteiger charge is 2.59. The van der Waals surface area contributed by atoms with E-state index in [4.69, 9.17) is 9.47 Å². The topological polar surface area (TPSA) is 30.5 Å². The number of aryl methyl sites for hydroxylation is 1. The molecule has 0 aliphatic heterocycles. The average Bonchev–Trinajstić information content (AvgIpc) is 2.69. The Morgan fingerprint density at radius 1 is 0.935 bits per heavy atom. The Labute approximate surface area is 187 Å². The zero-order chi connectivity index (χ0) is 21.7. The van der Waals surface area contributed by atoms with Crippen LogP contribution in [0.15, 0.2) is 42.5 Å². The lowest BCUT2D eigenvalue weighted by Crippen LogP contribution is -2.63. The average molecular weight is 420 g/mol. The van der Waals surface area contributed by atoms with E-state index in [9.17, 15) is 0 Å². The first-order chi connectivity index (χ1) is 14.8. The molecule has 2 unspecified atom stereocenters. The Morgan fingerprint density at radius 3 is 2.29 bits per heavy atom. The summed E-state index contributed by atoms with van der Waals surface area (Å²) in [5.74, 6) is 2.58. The fraction of sp³-hybridized carbons (Fsp3) is 0.571. The lowest BCUT2D eigenvalue weighted by Gasteiger charge is -2.65. The SMILES string of the molecule is COc1cccc(CNC23CC4CC(C)(CC(C)(C4)C2)C3)c1OCc1ccc(C)cc1. The van der Waals surface area contributed by atoms with E-state index in [-0.39, 0.29) is 5.54 Å². The second-order valence-electron chi connectivity index (χ2n) is 11.5. The standard InChI is InChI=1S/C28H37NO2/c1-20-8-10-21(11-9-20)16-31-25-23(6-5-7-24(25)30-4)15-29-28-14-22-12-26(2,18-28)17-27(3,13-22)19-28/h5-11,22,29H,12-19H2,1-4H3. The number of ether oxygens (including phenoxy) is 2. The van der Waals surface area contributed by atoms with E-state index < -0.39 is 0 Å². The van der Waals surface area contributed by atoms with E-state index in [0.717, 1.165) is 24.0 Å². The Morgan fingerprint density at radius 2 is 1.65 bits per heavy atom. The lowest BCUT2D eigenvalue weighted by atomic mass is 9.43. The summed E-state index contributed by atoms with van der Waals surface area (Å²) in [5, 5.41) is 4.06. The van der Waals surface area contributed by atoms with Crippen molar-refractivity contribution in [1.82, 2.24) is 5.32 Å². The molecule has 6 rings (SSSR count). The third-order valence-electron chi connectivity index (χ3n) is 8.06. The van der Waals surface area contributed by atoms with Crippen molar-refractivity contribution in [3.05, 3.63) is 59.2 Å². The fourth-order valence-corrected chi connectivity index (χ4v) is 7.79. The molecule has 0 radical (unpaired) electrons. The maximum atomic E-state index is 6.33. The van der Waals surface area contributed by atoms with Crippen LogP contribution in [0.4, 0.5) is 0 Å². The predicted molar refractivity (Wildman–Crippen MR) is 125 cm³/mol.